The molecule has 11 heteroatoms. The zero-order valence-electron chi connectivity index (χ0n) is 16.9. The molecule has 1 aromatic carbocycles. The van der Waals surface area contributed by atoms with Crippen molar-refractivity contribution in [1.29, 1.82) is 0 Å². The third kappa shape index (κ3) is 3.90. The predicted molar refractivity (Wildman–Crippen MR) is 112 cm³/mol. The summed E-state index contributed by atoms with van der Waals surface area (Å²) in [4.78, 5) is 23.4. The number of nitrogens with one attached hydrogen (secondary N) is 1. The summed E-state index contributed by atoms with van der Waals surface area (Å²) in [5, 5.41) is 7.60. The summed E-state index contributed by atoms with van der Waals surface area (Å²) in [6.07, 6.45) is 5.55. The van der Waals surface area contributed by atoms with Crippen LogP contribution in [0, 0.1) is 5.82 Å². The molecule has 4 heterocycles. The standard InChI is InChI=1S/C21H20FN7O3/c22-18-7-14(29-12-16(31-21(29)30)11-28-6-5-25-27-28)2-3-17(18)13-1-4-19(24-10-13)20-8-15(9-23)32-26-20/h1-8,10,15-16,26H,9,11-12,23H2/t15-,16-/m0/s1. The molecule has 0 radical (unpaired) electrons. The first-order valence-electron chi connectivity index (χ1n) is 10.0. The fourth-order valence-corrected chi connectivity index (χ4v) is 3.63. The highest BCUT2D eigenvalue weighted by Gasteiger charge is 2.33. The van der Waals surface area contributed by atoms with Gasteiger partial charge in [0.05, 0.1) is 36.4 Å². The number of rotatable bonds is 6. The number of nitrogens with two attached hydrogens (primary N) is 1. The van der Waals surface area contributed by atoms with Gasteiger partial charge >= 0.3 is 6.09 Å². The Bertz CT molecular complexity index is 1150. The smallest absolute Gasteiger partial charge is 0.414 e. The first-order valence-corrected chi connectivity index (χ1v) is 10.0. The summed E-state index contributed by atoms with van der Waals surface area (Å²) >= 11 is 0. The minimum atomic E-state index is -0.524. The molecule has 164 valence electrons. The van der Waals surface area contributed by atoms with Gasteiger partial charge in [0.2, 0.25) is 0 Å². The topological polar surface area (TPSA) is 120 Å². The molecular formula is C21H20FN7O3. The number of ether oxygens (including phenoxy) is 1. The van der Waals surface area contributed by atoms with E-state index in [0.29, 0.717) is 42.1 Å². The number of cyclic esters (lactones) is 1. The first-order chi connectivity index (χ1) is 15.6. The maximum Gasteiger partial charge on any atom is 0.414 e. The molecule has 0 saturated carbocycles. The molecule has 0 spiro atoms. The van der Waals surface area contributed by atoms with E-state index in [1.54, 1.807) is 47.5 Å². The highest BCUT2D eigenvalue weighted by atomic mass is 19.1. The van der Waals surface area contributed by atoms with Gasteiger partial charge in [-0.05, 0) is 30.3 Å². The maximum absolute atomic E-state index is 14.9. The minimum Gasteiger partial charge on any atom is -0.442 e. The third-order valence-corrected chi connectivity index (χ3v) is 5.26. The van der Waals surface area contributed by atoms with Crippen LogP contribution in [0.2, 0.25) is 0 Å². The van der Waals surface area contributed by atoms with Gasteiger partial charge in [-0.25, -0.2) is 13.9 Å². The van der Waals surface area contributed by atoms with Crippen molar-refractivity contribution in [3.05, 3.63) is 66.5 Å². The quantitative estimate of drug-likeness (QED) is 0.598. The summed E-state index contributed by atoms with van der Waals surface area (Å²) in [5.41, 5.74) is 11.2. The van der Waals surface area contributed by atoms with E-state index in [9.17, 15) is 9.18 Å². The van der Waals surface area contributed by atoms with Crippen LogP contribution >= 0.6 is 0 Å². The number of hydrogen-bond donors (Lipinski definition) is 2. The predicted octanol–water partition coefficient (Wildman–Crippen LogP) is 1.71. The SMILES string of the molecule is NC[C@@H]1C=C(c2ccc(-c3ccc(N4C[C@H](Cn5ccnn5)OC4=O)cc3F)cn2)NO1. The van der Waals surface area contributed by atoms with Crippen LogP contribution in [0.25, 0.3) is 16.8 Å². The minimum absolute atomic E-state index is 0.204. The number of benzene rings is 1. The number of hydrogen-bond acceptors (Lipinski definition) is 8. The average molecular weight is 437 g/mol. The van der Waals surface area contributed by atoms with Crippen LogP contribution in [0.4, 0.5) is 14.9 Å². The molecule has 5 rings (SSSR count). The van der Waals surface area contributed by atoms with Gasteiger partial charge in [-0.2, -0.15) is 0 Å². The molecule has 0 bridgehead atoms. The Hall–Kier alpha value is -3.83. The number of aromatic nitrogens is 4. The molecule has 3 aromatic rings. The lowest BCUT2D eigenvalue weighted by Crippen LogP contribution is -2.26. The highest BCUT2D eigenvalue weighted by molar-refractivity contribution is 5.90. The second-order valence-electron chi connectivity index (χ2n) is 7.41. The van der Waals surface area contributed by atoms with E-state index in [2.05, 4.69) is 20.8 Å². The second-order valence-corrected chi connectivity index (χ2v) is 7.41. The van der Waals surface area contributed by atoms with E-state index in [0.717, 1.165) is 5.70 Å². The van der Waals surface area contributed by atoms with Crippen molar-refractivity contribution in [3.8, 4) is 11.1 Å². The Morgan fingerprint density at radius 2 is 2.19 bits per heavy atom. The van der Waals surface area contributed by atoms with Crippen molar-refractivity contribution in [3.63, 3.8) is 0 Å². The van der Waals surface area contributed by atoms with Crippen LogP contribution in [0.5, 0.6) is 0 Å². The number of anilines is 1. The summed E-state index contributed by atoms with van der Waals surface area (Å²) in [6.45, 7) is 1.03. The molecule has 2 aromatic heterocycles. The first kappa shape index (κ1) is 20.1. The Morgan fingerprint density at radius 3 is 2.88 bits per heavy atom. The number of amides is 1. The van der Waals surface area contributed by atoms with Crippen molar-refractivity contribution >= 4 is 17.5 Å². The lowest BCUT2D eigenvalue weighted by Gasteiger charge is -2.14. The van der Waals surface area contributed by atoms with Crippen molar-refractivity contribution < 1.29 is 18.8 Å². The Labute approximate surface area is 182 Å². The summed E-state index contributed by atoms with van der Waals surface area (Å²) < 4.78 is 21.9. The second kappa shape index (κ2) is 8.36. The van der Waals surface area contributed by atoms with Gasteiger partial charge in [-0.15, -0.1) is 5.10 Å². The van der Waals surface area contributed by atoms with Crippen LogP contribution in [0.1, 0.15) is 5.69 Å². The van der Waals surface area contributed by atoms with E-state index >= 15 is 0 Å². The maximum atomic E-state index is 14.9. The van der Waals surface area contributed by atoms with E-state index in [-0.39, 0.29) is 6.10 Å². The van der Waals surface area contributed by atoms with Crippen molar-refractivity contribution in [2.24, 2.45) is 5.73 Å². The molecule has 2 atom stereocenters. The van der Waals surface area contributed by atoms with Gasteiger partial charge in [-0.1, -0.05) is 11.3 Å². The number of carbonyl (C=O) groups is 1. The molecule has 32 heavy (non-hydrogen) atoms. The Balaban J connectivity index is 1.31. The summed E-state index contributed by atoms with van der Waals surface area (Å²) in [7, 11) is 0. The van der Waals surface area contributed by atoms with Crippen LogP contribution in [0.3, 0.4) is 0 Å². The number of halogens is 1. The number of nitrogens with zero attached hydrogens (tertiary/aromatic N) is 5. The highest BCUT2D eigenvalue weighted by Crippen LogP contribution is 2.29. The number of pyridine rings is 1. The van der Waals surface area contributed by atoms with E-state index < -0.39 is 18.0 Å². The zero-order chi connectivity index (χ0) is 22.1. The van der Waals surface area contributed by atoms with Crippen LogP contribution in [-0.4, -0.2) is 51.4 Å². The third-order valence-electron chi connectivity index (χ3n) is 5.26. The van der Waals surface area contributed by atoms with Gasteiger partial charge in [0.15, 0.2) is 0 Å². The lowest BCUT2D eigenvalue weighted by molar-refractivity contribution is 0.0566. The molecule has 10 nitrogen and oxygen atoms in total. The van der Waals surface area contributed by atoms with Gasteiger partial charge in [-0.3, -0.25) is 20.2 Å². The van der Waals surface area contributed by atoms with Crippen molar-refractivity contribution in [2.45, 2.75) is 18.8 Å². The molecule has 1 amide bonds. The van der Waals surface area contributed by atoms with Gasteiger partial charge in [0.25, 0.3) is 0 Å². The fourth-order valence-electron chi connectivity index (χ4n) is 3.63. The molecule has 3 N–H and O–H groups in total. The molecular weight excluding hydrogens is 417 g/mol. The van der Waals surface area contributed by atoms with Crippen LogP contribution < -0.4 is 16.1 Å². The molecule has 1 fully saturated rings. The monoisotopic (exact) mass is 437 g/mol. The zero-order valence-corrected chi connectivity index (χ0v) is 16.9. The number of hydroxylamine groups is 1. The Kier molecular flexibility index (Phi) is 5.25. The molecule has 0 unspecified atom stereocenters. The largest absolute Gasteiger partial charge is 0.442 e. The molecule has 0 aliphatic carbocycles. The van der Waals surface area contributed by atoms with Crippen LogP contribution in [-0.2, 0) is 16.1 Å². The summed E-state index contributed by atoms with van der Waals surface area (Å²) in [5.74, 6) is -0.464. The fraction of sp³-hybridized carbons (Fsp3) is 0.238. The van der Waals surface area contributed by atoms with Crippen molar-refractivity contribution in [1.82, 2.24) is 25.5 Å². The van der Waals surface area contributed by atoms with E-state index in [1.165, 1.54) is 11.0 Å². The van der Waals surface area contributed by atoms with Gasteiger partial charge in [0.1, 0.15) is 18.0 Å². The Morgan fingerprint density at radius 1 is 1.28 bits per heavy atom. The average Bonchev–Trinajstić information content (AvgIpc) is 3.56. The normalized spacial score (nSPS) is 20.2. The lowest BCUT2D eigenvalue weighted by atomic mass is 10.1. The van der Waals surface area contributed by atoms with Gasteiger partial charge in [0, 0.05) is 30.1 Å². The summed E-state index contributed by atoms with van der Waals surface area (Å²) in [6, 6.07) is 8.18. The number of carbonyl (C=O) groups excluding carboxylic acids is 1. The van der Waals surface area contributed by atoms with Gasteiger partial charge < -0.3 is 10.5 Å². The van der Waals surface area contributed by atoms with Crippen LogP contribution in [0.15, 0.2) is 55.0 Å². The molecule has 1 saturated heterocycles. The van der Waals surface area contributed by atoms with E-state index in [4.69, 9.17) is 15.3 Å². The van der Waals surface area contributed by atoms with E-state index in [1.807, 2.05) is 6.08 Å². The molecule has 2 aliphatic rings. The van der Waals surface area contributed by atoms with Crippen molar-refractivity contribution in [2.75, 3.05) is 18.0 Å². The molecule has 2 aliphatic heterocycles.